The molecule has 0 amide bonds. The third-order valence-electron chi connectivity index (χ3n) is 3.88. The fraction of sp³-hybridized carbons (Fsp3) is 1.00. The zero-order chi connectivity index (χ0) is 7.73. The first-order valence-corrected chi connectivity index (χ1v) is 6.05. The molecule has 0 bridgehead atoms. The topological polar surface area (TPSA) is 0 Å². The molecule has 11 heavy (non-hydrogen) atoms. The Kier molecular flexibility index (Phi) is 2.27. The van der Waals surface area contributed by atoms with Crippen LogP contribution in [0.3, 0.4) is 0 Å². The van der Waals surface area contributed by atoms with Crippen molar-refractivity contribution in [3.8, 4) is 0 Å². The summed E-state index contributed by atoms with van der Waals surface area (Å²) < 4.78 is 0. The van der Waals surface area contributed by atoms with Gasteiger partial charge in [0.2, 0.25) is 0 Å². The highest BCUT2D eigenvalue weighted by molar-refractivity contribution is 9.09. The minimum absolute atomic E-state index is 0.809. The van der Waals surface area contributed by atoms with Crippen molar-refractivity contribution in [2.75, 3.05) is 5.33 Å². The zero-order valence-electron chi connectivity index (χ0n) is 7.11. The molecule has 2 aliphatic rings. The van der Waals surface area contributed by atoms with Crippen LogP contribution in [0.15, 0.2) is 0 Å². The first-order valence-electron chi connectivity index (χ1n) is 4.93. The van der Waals surface area contributed by atoms with Crippen molar-refractivity contribution >= 4 is 15.9 Å². The van der Waals surface area contributed by atoms with Gasteiger partial charge < -0.3 is 0 Å². The van der Waals surface area contributed by atoms with Crippen LogP contribution in [-0.4, -0.2) is 5.33 Å². The van der Waals surface area contributed by atoms with Crippen molar-refractivity contribution in [2.45, 2.75) is 44.9 Å². The van der Waals surface area contributed by atoms with Crippen LogP contribution in [0, 0.1) is 11.3 Å². The van der Waals surface area contributed by atoms with Gasteiger partial charge in [0, 0.05) is 5.33 Å². The molecule has 0 aromatic heterocycles. The van der Waals surface area contributed by atoms with Gasteiger partial charge in [0.25, 0.3) is 0 Å². The van der Waals surface area contributed by atoms with Gasteiger partial charge in [-0.2, -0.15) is 0 Å². The first kappa shape index (κ1) is 8.10. The molecule has 0 aromatic carbocycles. The van der Waals surface area contributed by atoms with E-state index in [1.165, 1.54) is 50.3 Å². The number of alkyl halides is 1. The Morgan fingerprint density at radius 1 is 1.09 bits per heavy atom. The normalized spacial score (nSPS) is 35.2. The molecule has 1 atom stereocenters. The summed E-state index contributed by atoms with van der Waals surface area (Å²) in [4.78, 5) is 0. The molecule has 1 unspecified atom stereocenters. The lowest BCUT2D eigenvalue weighted by molar-refractivity contribution is 0.229. The molecule has 0 radical (unpaired) electrons. The highest BCUT2D eigenvalue weighted by Gasteiger charge is 2.43. The van der Waals surface area contributed by atoms with E-state index in [-0.39, 0.29) is 0 Å². The van der Waals surface area contributed by atoms with E-state index in [1.54, 1.807) is 0 Å². The number of rotatable bonds is 1. The summed E-state index contributed by atoms with van der Waals surface area (Å²) in [6.07, 6.45) is 10.6. The first-order chi connectivity index (χ1) is 5.37. The number of hydrogen-bond donors (Lipinski definition) is 0. The van der Waals surface area contributed by atoms with E-state index in [4.69, 9.17) is 0 Å². The van der Waals surface area contributed by atoms with Crippen molar-refractivity contribution < 1.29 is 0 Å². The summed E-state index contributed by atoms with van der Waals surface area (Å²) in [7, 11) is 0. The van der Waals surface area contributed by atoms with Gasteiger partial charge in [0.15, 0.2) is 0 Å². The molecular weight excluding hydrogens is 200 g/mol. The highest BCUT2D eigenvalue weighted by atomic mass is 79.9. The Morgan fingerprint density at radius 2 is 1.73 bits per heavy atom. The Morgan fingerprint density at radius 3 is 2.36 bits per heavy atom. The summed E-state index contributed by atoms with van der Waals surface area (Å²) in [6, 6.07) is 0. The standard InChI is InChI=1S/C10H17Br/c11-8-9-4-3-7-10(9)5-1-2-6-10/h9H,1-8H2. The van der Waals surface area contributed by atoms with E-state index in [2.05, 4.69) is 15.9 Å². The molecule has 2 fully saturated rings. The lowest BCUT2D eigenvalue weighted by atomic mass is 9.77. The fourth-order valence-electron chi connectivity index (χ4n) is 3.19. The second kappa shape index (κ2) is 3.08. The molecule has 0 N–H and O–H groups in total. The SMILES string of the molecule is BrCC1CCCC12CCCC2. The van der Waals surface area contributed by atoms with E-state index in [0.717, 1.165) is 11.3 Å². The van der Waals surface area contributed by atoms with Gasteiger partial charge in [-0.25, -0.2) is 0 Å². The number of halogens is 1. The molecule has 1 heteroatoms. The second-order valence-electron chi connectivity index (χ2n) is 4.31. The molecule has 2 rings (SSSR count). The van der Waals surface area contributed by atoms with Crippen molar-refractivity contribution in [1.29, 1.82) is 0 Å². The van der Waals surface area contributed by atoms with Gasteiger partial charge in [-0.3, -0.25) is 0 Å². The smallest absolute Gasteiger partial charge is 0.00649 e. The minimum atomic E-state index is 0.809. The average molecular weight is 217 g/mol. The molecule has 2 aliphatic carbocycles. The monoisotopic (exact) mass is 216 g/mol. The van der Waals surface area contributed by atoms with Gasteiger partial charge in [0.1, 0.15) is 0 Å². The van der Waals surface area contributed by atoms with Crippen molar-refractivity contribution in [3.63, 3.8) is 0 Å². The van der Waals surface area contributed by atoms with Crippen LogP contribution in [0.5, 0.6) is 0 Å². The third kappa shape index (κ3) is 1.26. The van der Waals surface area contributed by atoms with E-state index in [1.807, 2.05) is 0 Å². The van der Waals surface area contributed by atoms with Crippen LogP contribution in [0.25, 0.3) is 0 Å². The Bertz CT molecular complexity index is 130. The Hall–Kier alpha value is 0.480. The summed E-state index contributed by atoms with van der Waals surface area (Å²) in [6.45, 7) is 0. The van der Waals surface area contributed by atoms with Crippen LogP contribution in [0.1, 0.15) is 44.9 Å². The van der Waals surface area contributed by atoms with Gasteiger partial charge in [0.05, 0.1) is 0 Å². The van der Waals surface area contributed by atoms with Crippen molar-refractivity contribution in [2.24, 2.45) is 11.3 Å². The fourth-order valence-corrected chi connectivity index (χ4v) is 4.20. The van der Waals surface area contributed by atoms with Crippen molar-refractivity contribution in [3.05, 3.63) is 0 Å². The van der Waals surface area contributed by atoms with Crippen LogP contribution >= 0.6 is 15.9 Å². The molecule has 1 spiro atoms. The quantitative estimate of drug-likeness (QED) is 0.587. The Labute approximate surface area is 77.9 Å². The predicted octanol–water partition coefficient (Wildman–Crippen LogP) is 3.74. The summed E-state index contributed by atoms with van der Waals surface area (Å²) in [5.74, 6) is 1.02. The molecule has 0 nitrogen and oxygen atoms in total. The van der Waals surface area contributed by atoms with E-state index < -0.39 is 0 Å². The van der Waals surface area contributed by atoms with Gasteiger partial charge >= 0.3 is 0 Å². The maximum absolute atomic E-state index is 3.66. The second-order valence-corrected chi connectivity index (χ2v) is 4.96. The third-order valence-corrected chi connectivity index (χ3v) is 4.66. The van der Waals surface area contributed by atoms with Crippen LogP contribution < -0.4 is 0 Å². The lowest BCUT2D eigenvalue weighted by Crippen LogP contribution is -2.22. The average Bonchev–Trinajstić information content (AvgIpc) is 2.62. The summed E-state index contributed by atoms with van der Waals surface area (Å²) >= 11 is 3.66. The van der Waals surface area contributed by atoms with Gasteiger partial charge in [-0.15, -0.1) is 0 Å². The molecule has 0 heterocycles. The molecule has 64 valence electrons. The predicted molar refractivity (Wildman–Crippen MR) is 52.0 cm³/mol. The molecule has 0 aromatic rings. The van der Waals surface area contributed by atoms with Crippen LogP contribution in [0.2, 0.25) is 0 Å². The molecular formula is C10H17Br. The summed E-state index contributed by atoms with van der Waals surface area (Å²) in [5.41, 5.74) is 0.809. The lowest BCUT2D eigenvalue weighted by Gasteiger charge is -2.29. The van der Waals surface area contributed by atoms with Crippen LogP contribution in [-0.2, 0) is 0 Å². The van der Waals surface area contributed by atoms with E-state index in [0.29, 0.717) is 0 Å². The maximum atomic E-state index is 3.66. The van der Waals surface area contributed by atoms with Crippen LogP contribution in [0.4, 0.5) is 0 Å². The highest BCUT2D eigenvalue weighted by Crippen LogP contribution is 2.54. The van der Waals surface area contributed by atoms with Gasteiger partial charge in [-0.05, 0) is 37.0 Å². The zero-order valence-corrected chi connectivity index (χ0v) is 8.70. The van der Waals surface area contributed by atoms with Gasteiger partial charge in [-0.1, -0.05) is 35.2 Å². The maximum Gasteiger partial charge on any atom is 0.00649 e. The largest absolute Gasteiger partial charge is 0.0925 e. The molecule has 0 aliphatic heterocycles. The van der Waals surface area contributed by atoms with E-state index >= 15 is 0 Å². The summed E-state index contributed by atoms with van der Waals surface area (Å²) in [5, 5.41) is 1.26. The van der Waals surface area contributed by atoms with E-state index in [9.17, 15) is 0 Å². The molecule has 0 saturated heterocycles. The van der Waals surface area contributed by atoms with Crippen molar-refractivity contribution in [1.82, 2.24) is 0 Å². The molecule has 2 saturated carbocycles. The number of hydrogen-bond acceptors (Lipinski definition) is 0. The minimum Gasteiger partial charge on any atom is -0.0925 e. The Balaban J connectivity index is 2.09.